The van der Waals surface area contributed by atoms with Crippen LogP contribution >= 0.6 is 11.3 Å². The van der Waals surface area contributed by atoms with Crippen molar-refractivity contribution in [2.45, 2.75) is 18.2 Å². The summed E-state index contributed by atoms with van der Waals surface area (Å²) in [6, 6.07) is 12.3. The van der Waals surface area contributed by atoms with Crippen LogP contribution in [-0.4, -0.2) is 40.0 Å². The van der Waals surface area contributed by atoms with E-state index in [4.69, 9.17) is 9.47 Å². The van der Waals surface area contributed by atoms with Crippen molar-refractivity contribution in [2.75, 3.05) is 20.0 Å². The molecule has 1 heterocycles. The Hall–Kier alpha value is -2.91. The van der Waals surface area contributed by atoms with Crippen molar-refractivity contribution in [2.24, 2.45) is 5.10 Å². The molecule has 0 aliphatic rings. The number of methoxy groups -OCH3 is 2. The molecule has 1 amide bonds. The van der Waals surface area contributed by atoms with Crippen LogP contribution in [0.4, 0.5) is 0 Å². The van der Waals surface area contributed by atoms with Crippen molar-refractivity contribution in [3.8, 4) is 11.5 Å². The van der Waals surface area contributed by atoms with Crippen LogP contribution in [0.2, 0.25) is 0 Å². The van der Waals surface area contributed by atoms with E-state index >= 15 is 0 Å². The van der Waals surface area contributed by atoms with Crippen LogP contribution in [0.3, 0.4) is 0 Å². The normalized spacial score (nSPS) is 12.0. The van der Waals surface area contributed by atoms with E-state index in [1.54, 1.807) is 18.3 Å². The van der Waals surface area contributed by atoms with E-state index < -0.39 is 15.7 Å². The highest BCUT2D eigenvalue weighted by Crippen LogP contribution is 2.30. The molecule has 0 atom stereocenters. The molecule has 0 unspecified atom stereocenters. The minimum Gasteiger partial charge on any atom is -0.493 e. The SMILES string of the molecule is COc1ccc(S(=O)(=O)CCC(=O)N/N=C(\C)c2csc3ccccc23)cc1OC. The first kappa shape index (κ1) is 21.8. The fraction of sp³-hybridized carbons (Fsp3) is 0.238. The molecule has 3 aromatic rings. The lowest BCUT2D eigenvalue weighted by Crippen LogP contribution is -2.22. The number of sulfone groups is 1. The molecule has 1 N–H and O–H groups in total. The molecule has 0 radical (unpaired) electrons. The van der Waals surface area contributed by atoms with Crippen molar-refractivity contribution in [1.82, 2.24) is 5.43 Å². The topological polar surface area (TPSA) is 94.1 Å². The number of carbonyl (C=O) groups excluding carboxylic acids is 1. The summed E-state index contributed by atoms with van der Waals surface area (Å²) in [4.78, 5) is 12.2. The van der Waals surface area contributed by atoms with Gasteiger partial charge in [-0.2, -0.15) is 5.10 Å². The van der Waals surface area contributed by atoms with E-state index in [1.807, 2.05) is 29.6 Å². The molecule has 9 heteroatoms. The number of rotatable bonds is 8. The number of carbonyl (C=O) groups is 1. The number of ether oxygens (including phenoxy) is 2. The molecule has 7 nitrogen and oxygen atoms in total. The van der Waals surface area contributed by atoms with Crippen LogP contribution in [0, 0.1) is 0 Å². The second-order valence-corrected chi connectivity index (χ2v) is 9.48. The first-order valence-electron chi connectivity index (χ1n) is 9.10. The number of hydrogen-bond donors (Lipinski definition) is 1. The van der Waals surface area contributed by atoms with E-state index in [-0.39, 0.29) is 17.1 Å². The van der Waals surface area contributed by atoms with Gasteiger partial charge in [-0.3, -0.25) is 4.79 Å². The van der Waals surface area contributed by atoms with Crippen LogP contribution in [0.25, 0.3) is 10.1 Å². The molecular formula is C21H22N2O5S2. The van der Waals surface area contributed by atoms with Gasteiger partial charge >= 0.3 is 0 Å². The summed E-state index contributed by atoms with van der Waals surface area (Å²) in [7, 11) is -0.767. The second-order valence-electron chi connectivity index (χ2n) is 6.46. The van der Waals surface area contributed by atoms with Gasteiger partial charge in [-0.1, -0.05) is 18.2 Å². The van der Waals surface area contributed by atoms with Crippen LogP contribution in [0.1, 0.15) is 18.9 Å². The van der Waals surface area contributed by atoms with Crippen LogP contribution < -0.4 is 14.9 Å². The maximum atomic E-state index is 12.6. The van der Waals surface area contributed by atoms with Gasteiger partial charge in [0.2, 0.25) is 5.91 Å². The third-order valence-electron chi connectivity index (χ3n) is 4.53. The van der Waals surface area contributed by atoms with Gasteiger partial charge in [0.25, 0.3) is 0 Å². The largest absolute Gasteiger partial charge is 0.493 e. The van der Waals surface area contributed by atoms with Gasteiger partial charge in [0.05, 0.1) is 30.6 Å². The Bertz CT molecular complexity index is 1200. The number of hydrazone groups is 1. The summed E-state index contributed by atoms with van der Waals surface area (Å²) < 4.78 is 36.5. The van der Waals surface area contributed by atoms with E-state index in [0.29, 0.717) is 17.2 Å². The predicted molar refractivity (Wildman–Crippen MR) is 118 cm³/mol. The molecule has 0 fully saturated rings. The quantitative estimate of drug-likeness (QED) is 0.421. The Balaban J connectivity index is 1.64. The summed E-state index contributed by atoms with van der Waals surface area (Å²) in [5.74, 6) is -0.0753. The fourth-order valence-corrected chi connectivity index (χ4v) is 5.13. The highest BCUT2D eigenvalue weighted by molar-refractivity contribution is 7.91. The van der Waals surface area contributed by atoms with Crippen molar-refractivity contribution in [1.29, 1.82) is 0 Å². The molecule has 0 saturated heterocycles. The molecule has 1 aromatic heterocycles. The van der Waals surface area contributed by atoms with Crippen LogP contribution in [0.15, 0.2) is 57.8 Å². The number of nitrogens with zero attached hydrogens (tertiary/aromatic N) is 1. The minimum atomic E-state index is -3.67. The molecule has 0 aliphatic carbocycles. The van der Waals surface area contributed by atoms with E-state index in [2.05, 4.69) is 10.5 Å². The standard InChI is InChI=1S/C21H22N2O5S2/c1-14(17-13-29-20-7-5-4-6-16(17)20)22-23-21(24)10-11-30(25,26)15-8-9-18(27-2)19(12-15)28-3/h4-9,12-13H,10-11H2,1-3H3,(H,23,24)/b22-14+. The first-order valence-corrected chi connectivity index (χ1v) is 11.6. The Morgan fingerprint density at radius 1 is 1.10 bits per heavy atom. The highest BCUT2D eigenvalue weighted by Gasteiger charge is 2.19. The number of benzene rings is 2. The Kier molecular flexibility index (Phi) is 6.73. The van der Waals surface area contributed by atoms with Crippen molar-refractivity contribution in [3.63, 3.8) is 0 Å². The minimum absolute atomic E-state index is 0.0670. The van der Waals surface area contributed by atoms with Crippen molar-refractivity contribution >= 4 is 42.9 Å². The predicted octanol–water partition coefficient (Wildman–Crippen LogP) is 3.62. The van der Waals surface area contributed by atoms with Gasteiger partial charge in [0, 0.05) is 33.5 Å². The zero-order chi connectivity index (χ0) is 21.7. The zero-order valence-corrected chi connectivity index (χ0v) is 18.5. The van der Waals surface area contributed by atoms with Gasteiger partial charge in [-0.05, 0) is 25.1 Å². The lowest BCUT2D eigenvalue weighted by Gasteiger charge is -2.10. The zero-order valence-electron chi connectivity index (χ0n) is 16.8. The maximum absolute atomic E-state index is 12.6. The monoisotopic (exact) mass is 446 g/mol. The molecule has 158 valence electrons. The van der Waals surface area contributed by atoms with E-state index in [9.17, 15) is 13.2 Å². The third kappa shape index (κ3) is 4.80. The molecular weight excluding hydrogens is 424 g/mol. The van der Waals surface area contributed by atoms with Gasteiger partial charge in [-0.15, -0.1) is 11.3 Å². The number of fused-ring (bicyclic) bond motifs is 1. The molecule has 0 spiro atoms. The Labute approximate surface area is 179 Å². The smallest absolute Gasteiger partial charge is 0.241 e. The summed E-state index contributed by atoms with van der Waals surface area (Å²) in [5, 5.41) is 7.18. The van der Waals surface area contributed by atoms with Crippen LogP contribution in [-0.2, 0) is 14.6 Å². The van der Waals surface area contributed by atoms with Gasteiger partial charge in [0.15, 0.2) is 21.3 Å². The molecule has 2 aromatic carbocycles. The number of amides is 1. The third-order valence-corrected chi connectivity index (χ3v) is 7.21. The van der Waals surface area contributed by atoms with Gasteiger partial charge < -0.3 is 9.47 Å². The second kappa shape index (κ2) is 9.27. The first-order chi connectivity index (χ1) is 14.4. The summed E-state index contributed by atoms with van der Waals surface area (Å²) in [5.41, 5.74) is 4.04. The average molecular weight is 447 g/mol. The van der Waals surface area contributed by atoms with Gasteiger partial charge in [-0.25, -0.2) is 13.8 Å². The van der Waals surface area contributed by atoms with Crippen LogP contribution in [0.5, 0.6) is 11.5 Å². The number of nitrogens with one attached hydrogen (secondary N) is 1. The molecule has 0 bridgehead atoms. The fourth-order valence-electron chi connectivity index (χ4n) is 2.88. The number of thiophene rings is 1. The van der Waals surface area contributed by atoms with E-state index in [1.165, 1.54) is 32.4 Å². The summed E-state index contributed by atoms with van der Waals surface area (Å²) >= 11 is 1.60. The highest BCUT2D eigenvalue weighted by atomic mass is 32.2. The molecule has 30 heavy (non-hydrogen) atoms. The Morgan fingerprint density at radius 3 is 2.57 bits per heavy atom. The molecule has 0 aliphatic heterocycles. The Morgan fingerprint density at radius 2 is 1.83 bits per heavy atom. The molecule has 0 saturated carbocycles. The lowest BCUT2D eigenvalue weighted by atomic mass is 10.1. The van der Waals surface area contributed by atoms with Crippen molar-refractivity contribution in [3.05, 3.63) is 53.4 Å². The van der Waals surface area contributed by atoms with Crippen molar-refractivity contribution < 1.29 is 22.7 Å². The summed E-state index contributed by atoms with van der Waals surface area (Å²) in [6.45, 7) is 1.80. The van der Waals surface area contributed by atoms with E-state index in [0.717, 1.165) is 15.6 Å². The maximum Gasteiger partial charge on any atom is 0.241 e. The number of hydrogen-bond acceptors (Lipinski definition) is 7. The lowest BCUT2D eigenvalue weighted by molar-refractivity contribution is -0.120. The average Bonchev–Trinajstić information content (AvgIpc) is 3.19. The molecule has 3 rings (SSSR count). The summed E-state index contributed by atoms with van der Waals surface area (Å²) in [6.07, 6.45) is -0.210. The van der Waals surface area contributed by atoms with Gasteiger partial charge in [0.1, 0.15) is 0 Å².